The van der Waals surface area contributed by atoms with Crippen LogP contribution in [0, 0.1) is 5.41 Å². The number of Topliss-reactive ketones (excluding diaryl/α,β-unsaturated/α-hetero) is 3. The van der Waals surface area contributed by atoms with Crippen molar-refractivity contribution in [2.75, 3.05) is 20.7 Å². The molecule has 3 aliphatic rings. The number of ether oxygens (including phenoxy) is 1. The fraction of sp³-hybridized carbons (Fsp3) is 0.444. The third-order valence-electron chi connectivity index (χ3n) is 8.08. The molecule has 0 radical (unpaired) electrons. The molecule has 5 rings (SSSR count). The topological polar surface area (TPSA) is 63.7 Å². The fourth-order valence-corrected chi connectivity index (χ4v) is 6.67. The molecule has 2 spiro atoms. The quantitative estimate of drug-likeness (QED) is 0.658. The molecule has 1 saturated carbocycles. The number of hydrogen-bond acceptors (Lipinski definition) is 5. The molecule has 2 aromatic carbocycles. The number of carbonyl (C=O) groups is 3. The molecule has 0 amide bonds. The predicted molar refractivity (Wildman–Crippen MR) is 121 cm³/mol. The van der Waals surface area contributed by atoms with E-state index in [-0.39, 0.29) is 23.3 Å². The molecule has 2 aromatic rings. The van der Waals surface area contributed by atoms with Crippen LogP contribution in [0.2, 0.25) is 0 Å². The van der Waals surface area contributed by atoms with Crippen LogP contribution in [0.4, 0.5) is 0 Å². The molecule has 0 unspecified atom stereocenters. The zero-order chi connectivity index (χ0) is 22.5. The summed E-state index contributed by atoms with van der Waals surface area (Å²) in [5, 5.41) is 0. The van der Waals surface area contributed by atoms with Crippen molar-refractivity contribution in [1.29, 1.82) is 0 Å². The van der Waals surface area contributed by atoms with Crippen molar-refractivity contribution in [1.82, 2.24) is 4.90 Å². The lowest BCUT2D eigenvalue weighted by Gasteiger charge is -2.46. The molecule has 5 nitrogen and oxygen atoms in total. The second kappa shape index (κ2) is 7.66. The largest absolute Gasteiger partial charge is 0.497 e. The van der Waals surface area contributed by atoms with Gasteiger partial charge in [-0.2, -0.15) is 0 Å². The lowest BCUT2D eigenvalue weighted by molar-refractivity contribution is -0.133. The molecule has 1 heterocycles. The Bertz CT molecular complexity index is 1050. The molecular formula is C27H29NO4. The maximum absolute atomic E-state index is 14.1. The predicted octanol–water partition coefficient (Wildman–Crippen LogP) is 4.45. The van der Waals surface area contributed by atoms with Crippen molar-refractivity contribution in [2.24, 2.45) is 5.41 Å². The van der Waals surface area contributed by atoms with Crippen molar-refractivity contribution in [3.8, 4) is 5.75 Å². The zero-order valence-corrected chi connectivity index (χ0v) is 18.7. The molecule has 1 saturated heterocycles. The number of likely N-dealkylation sites (tertiary alicyclic amines) is 1. The van der Waals surface area contributed by atoms with Gasteiger partial charge in [-0.15, -0.1) is 0 Å². The molecule has 166 valence electrons. The maximum atomic E-state index is 14.1. The van der Waals surface area contributed by atoms with Crippen molar-refractivity contribution < 1.29 is 19.1 Å². The number of benzene rings is 2. The van der Waals surface area contributed by atoms with Crippen LogP contribution in [0.25, 0.3) is 0 Å². The van der Waals surface area contributed by atoms with Crippen LogP contribution < -0.4 is 4.74 Å². The van der Waals surface area contributed by atoms with E-state index in [0.717, 1.165) is 37.0 Å². The Morgan fingerprint density at radius 1 is 0.875 bits per heavy atom. The molecule has 2 atom stereocenters. The number of ketones is 3. The van der Waals surface area contributed by atoms with E-state index < -0.39 is 11.0 Å². The average Bonchev–Trinajstić information content (AvgIpc) is 3.21. The van der Waals surface area contributed by atoms with Crippen molar-refractivity contribution in [3.05, 3.63) is 65.2 Å². The Morgan fingerprint density at radius 3 is 2.12 bits per heavy atom. The molecule has 1 aliphatic heterocycles. The lowest BCUT2D eigenvalue weighted by atomic mass is 9.55. The highest BCUT2D eigenvalue weighted by Crippen LogP contribution is 2.61. The van der Waals surface area contributed by atoms with E-state index in [1.165, 1.54) is 0 Å². The number of hydrogen-bond donors (Lipinski definition) is 0. The summed E-state index contributed by atoms with van der Waals surface area (Å²) < 4.78 is 5.33. The van der Waals surface area contributed by atoms with Gasteiger partial charge in [0.2, 0.25) is 0 Å². The molecule has 2 aliphatic carbocycles. The Balaban J connectivity index is 1.75. The van der Waals surface area contributed by atoms with E-state index >= 15 is 0 Å². The summed E-state index contributed by atoms with van der Waals surface area (Å²) in [6, 6.07) is 14.8. The summed E-state index contributed by atoms with van der Waals surface area (Å²) in [6.07, 6.45) is 4.65. The van der Waals surface area contributed by atoms with Crippen LogP contribution in [-0.2, 0) is 4.79 Å². The summed E-state index contributed by atoms with van der Waals surface area (Å²) >= 11 is 0. The highest BCUT2D eigenvalue weighted by molar-refractivity contribution is 6.35. The summed E-state index contributed by atoms with van der Waals surface area (Å²) in [6.45, 7) is 0.490. The van der Waals surface area contributed by atoms with Gasteiger partial charge in [0.1, 0.15) is 11.5 Å². The van der Waals surface area contributed by atoms with Gasteiger partial charge in [0.15, 0.2) is 17.1 Å². The summed E-state index contributed by atoms with van der Waals surface area (Å²) in [5.41, 5.74) is -0.637. The third-order valence-corrected chi connectivity index (χ3v) is 8.08. The van der Waals surface area contributed by atoms with Gasteiger partial charge in [0.25, 0.3) is 0 Å². The molecule has 0 bridgehead atoms. The molecule has 0 N–H and O–H groups in total. The van der Waals surface area contributed by atoms with Gasteiger partial charge in [-0.3, -0.25) is 19.3 Å². The Kier molecular flexibility index (Phi) is 5.05. The number of nitrogens with zero attached hydrogens (tertiary/aromatic N) is 1. The fourth-order valence-electron chi connectivity index (χ4n) is 6.67. The third kappa shape index (κ3) is 2.57. The van der Waals surface area contributed by atoms with Gasteiger partial charge in [-0.05, 0) is 37.6 Å². The minimum absolute atomic E-state index is 0.0666. The van der Waals surface area contributed by atoms with Crippen LogP contribution in [0.5, 0.6) is 5.75 Å². The van der Waals surface area contributed by atoms with Crippen LogP contribution in [0.1, 0.15) is 70.7 Å². The first-order valence-corrected chi connectivity index (χ1v) is 11.6. The van der Waals surface area contributed by atoms with E-state index in [0.29, 0.717) is 30.5 Å². The molecule has 5 heteroatoms. The van der Waals surface area contributed by atoms with E-state index in [1.54, 1.807) is 31.4 Å². The highest BCUT2D eigenvalue weighted by Gasteiger charge is 2.75. The lowest BCUT2D eigenvalue weighted by Crippen LogP contribution is -2.64. The number of carbonyl (C=O) groups excluding carboxylic acids is 3. The first kappa shape index (κ1) is 21.1. The van der Waals surface area contributed by atoms with Crippen molar-refractivity contribution >= 4 is 17.3 Å². The number of methoxy groups -OCH3 is 1. The molecule has 32 heavy (non-hydrogen) atoms. The molecule has 2 fully saturated rings. The number of fused-ring (bicyclic) bond motifs is 2. The Hall–Kier alpha value is -2.79. The Labute approximate surface area is 188 Å². The highest BCUT2D eigenvalue weighted by atomic mass is 16.5. The van der Waals surface area contributed by atoms with Gasteiger partial charge in [0.05, 0.1) is 12.5 Å². The normalized spacial score (nSPS) is 27.6. The van der Waals surface area contributed by atoms with Crippen LogP contribution in [0.15, 0.2) is 48.5 Å². The van der Waals surface area contributed by atoms with Crippen LogP contribution in [-0.4, -0.2) is 48.5 Å². The second-order valence-electron chi connectivity index (χ2n) is 9.43. The van der Waals surface area contributed by atoms with Crippen molar-refractivity contribution in [2.45, 2.75) is 50.0 Å². The first-order chi connectivity index (χ1) is 15.5. The number of rotatable bonds is 2. The van der Waals surface area contributed by atoms with Gasteiger partial charge in [-0.25, -0.2) is 0 Å². The van der Waals surface area contributed by atoms with Crippen LogP contribution in [0.3, 0.4) is 0 Å². The smallest absolute Gasteiger partial charge is 0.192 e. The molecular weight excluding hydrogens is 402 g/mol. The van der Waals surface area contributed by atoms with E-state index in [9.17, 15) is 14.4 Å². The van der Waals surface area contributed by atoms with Gasteiger partial charge in [0, 0.05) is 30.0 Å². The summed E-state index contributed by atoms with van der Waals surface area (Å²) in [4.78, 5) is 44.2. The van der Waals surface area contributed by atoms with E-state index in [4.69, 9.17) is 4.74 Å². The second-order valence-corrected chi connectivity index (χ2v) is 9.43. The minimum Gasteiger partial charge on any atom is -0.497 e. The minimum atomic E-state index is -1.46. The zero-order valence-electron chi connectivity index (χ0n) is 18.7. The maximum Gasteiger partial charge on any atom is 0.192 e. The van der Waals surface area contributed by atoms with E-state index in [2.05, 4.69) is 0 Å². The number of likely N-dealkylation sites (N-methyl/N-ethyl adjacent to an activating group) is 1. The van der Waals surface area contributed by atoms with Gasteiger partial charge in [-0.1, -0.05) is 55.7 Å². The Morgan fingerprint density at radius 2 is 1.50 bits per heavy atom. The molecule has 0 aromatic heterocycles. The van der Waals surface area contributed by atoms with Crippen molar-refractivity contribution in [3.63, 3.8) is 0 Å². The SMILES string of the molecule is COc1ccc([C@H]2CN(C)C3(C(=O)c4ccccc4C3=O)[C@@]23CCCCCCC3=O)cc1. The first-order valence-electron chi connectivity index (χ1n) is 11.6. The standard InChI is InChI=1S/C27H29NO4/c1-28-17-22(18-12-14-19(32-2)15-13-18)26(16-8-4-3-5-11-23(26)29)27(28)24(30)20-9-6-7-10-21(20)25(27)31/h6-7,9-10,12-15,22H,3-5,8,11,16-17H2,1-2H3/t22-,26+/m1/s1. The summed E-state index contributed by atoms with van der Waals surface area (Å²) in [5.74, 6) is 0.174. The average molecular weight is 432 g/mol. The van der Waals surface area contributed by atoms with Gasteiger partial charge >= 0.3 is 0 Å². The van der Waals surface area contributed by atoms with Gasteiger partial charge < -0.3 is 4.74 Å². The van der Waals surface area contributed by atoms with Crippen LogP contribution >= 0.6 is 0 Å². The monoisotopic (exact) mass is 431 g/mol. The summed E-state index contributed by atoms with van der Waals surface area (Å²) in [7, 11) is 3.47. The van der Waals surface area contributed by atoms with E-state index in [1.807, 2.05) is 36.2 Å².